The van der Waals surface area contributed by atoms with Gasteiger partial charge in [-0.05, 0) is 48.0 Å². The molecule has 0 aromatic heterocycles. The monoisotopic (exact) mass is 335 g/mol. The van der Waals surface area contributed by atoms with Crippen molar-refractivity contribution < 1.29 is 9.18 Å². The number of anilines is 1. The molecule has 0 amide bonds. The highest BCUT2D eigenvalue weighted by atomic mass is 19.1. The molecule has 0 aliphatic carbocycles. The Kier molecular flexibility index (Phi) is 5.74. The summed E-state index contributed by atoms with van der Waals surface area (Å²) in [7, 11) is 0. The SMILES string of the molecule is N#C/C(=N\Nc1ccc(C(=O)C=Cc2ccc(F)cc2)cc1)C(=N)N. The van der Waals surface area contributed by atoms with E-state index in [9.17, 15) is 9.18 Å². The Hall–Kier alpha value is -3.79. The van der Waals surface area contributed by atoms with Gasteiger partial charge in [-0.3, -0.25) is 15.6 Å². The van der Waals surface area contributed by atoms with Crippen LogP contribution in [0.4, 0.5) is 10.1 Å². The normalized spacial score (nSPS) is 11.1. The molecule has 6 nitrogen and oxygen atoms in total. The molecule has 0 fully saturated rings. The molecular formula is C18H14FN5O. The lowest BCUT2D eigenvalue weighted by Gasteiger charge is -2.02. The molecule has 0 heterocycles. The van der Waals surface area contributed by atoms with E-state index in [1.165, 1.54) is 18.2 Å². The van der Waals surface area contributed by atoms with Gasteiger partial charge in [0, 0.05) is 5.56 Å². The van der Waals surface area contributed by atoms with Gasteiger partial charge >= 0.3 is 0 Å². The Bertz CT molecular complexity index is 877. The quantitative estimate of drug-likeness (QED) is 0.247. The summed E-state index contributed by atoms with van der Waals surface area (Å²) in [5.41, 5.74) is 9.25. The first kappa shape index (κ1) is 17.6. The summed E-state index contributed by atoms with van der Waals surface area (Å²) < 4.78 is 12.8. The number of hydrogen-bond donors (Lipinski definition) is 3. The molecule has 0 radical (unpaired) electrons. The number of hydrogen-bond acceptors (Lipinski definition) is 5. The molecule has 124 valence electrons. The second-order valence-corrected chi connectivity index (χ2v) is 4.92. The maximum Gasteiger partial charge on any atom is 0.201 e. The number of benzene rings is 2. The van der Waals surface area contributed by atoms with E-state index in [0.717, 1.165) is 5.56 Å². The van der Waals surface area contributed by atoms with Crippen molar-refractivity contribution in [2.24, 2.45) is 10.8 Å². The van der Waals surface area contributed by atoms with E-state index >= 15 is 0 Å². The Morgan fingerprint density at radius 2 is 1.84 bits per heavy atom. The largest absolute Gasteiger partial charge is 0.382 e. The predicted octanol–water partition coefficient (Wildman–Crippen LogP) is 2.95. The lowest BCUT2D eigenvalue weighted by Crippen LogP contribution is -2.21. The fraction of sp³-hybridized carbons (Fsp3) is 0. The third-order valence-corrected chi connectivity index (χ3v) is 3.12. The van der Waals surface area contributed by atoms with E-state index < -0.39 is 5.84 Å². The van der Waals surface area contributed by atoms with Crippen LogP contribution in [0.5, 0.6) is 0 Å². The maximum atomic E-state index is 12.8. The van der Waals surface area contributed by atoms with Crippen LogP contribution in [0, 0.1) is 22.6 Å². The molecule has 2 aromatic carbocycles. The third kappa shape index (κ3) is 5.11. The van der Waals surface area contributed by atoms with Gasteiger partial charge < -0.3 is 5.73 Å². The number of nitriles is 1. The number of nitrogens with zero attached hydrogens (tertiary/aromatic N) is 2. The molecule has 0 saturated carbocycles. The summed E-state index contributed by atoms with van der Waals surface area (Å²) >= 11 is 0. The lowest BCUT2D eigenvalue weighted by molar-refractivity contribution is 0.104. The van der Waals surface area contributed by atoms with Crippen LogP contribution in [0.1, 0.15) is 15.9 Å². The van der Waals surface area contributed by atoms with Crippen LogP contribution in [-0.4, -0.2) is 17.3 Å². The van der Waals surface area contributed by atoms with Crippen LogP contribution in [0.15, 0.2) is 59.7 Å². The molecular weight excluding hydrogens is 321 g/mol. The van der Waals surface area contributed by atoms with E-state index in [0.29, 0.717) is 11.3 Å². The van der Waals surface area contributed by atoms with Crippen molar-refractivity contribution in [1.82, 2.24) is 0 Å². The van der Waals surface area contributed by atoms with Crippen molar-refractivity contribution in [3.63, 3.8) is 0 Å². The van der Waals surface area contributed by atoms with Gasteiger partial charge in [0.1, 0.15) is 11.9 Å². The fourth-order valence-electron chi connectivity index (χ4n) is 1.82. The number of allylic oxidation sites excluding steroid dienone is 1. The van der Waals surface area contributed by atoms with Crippen molar-refractivity contribution in [3.8, 4) is 6.07 Å². The number of halogens is 1. The van der Waals surface area contributed by atoms with E-state index in [2.05, 4.69) is 10.5 Å². The van der Waals surface area contributed by atoms with Gasteiger partial charge in [-0.25, -0.2) is 4.39 Å². The minimum atomic E-state index is -0.437. The first-order chi connectivity index (χ1) is 12.0. The van der Waals surface area contributed by atoms with E-state index in [-0.39, 0.29) is 17.3 Å². The summed E-state index contributed by atoms with van der Waals surface area (Å²) in [5, 5.41) is 19.6. The fourth-order valence-corrected chi connectivity index (χ4v) is 1.82. The average Bonchev–Trinajstić information content (AvgIpc) is 2.61. The summed E-state index contributed by atoms with van der Waals surface area (Å²) in [5.74, 6) is -0.980. The standard InChI is InChI=1S/C18H14FN5O/c19-14-6-1-12(2-7-14)3-10-17(25)13-4-8-15(9-5-13)23-24-16(11-20)18(21)22/h1-10,23H,(H3,21,22)/b10-3?,24-16+. The lowest BCUT2D eigenvalue weighted by atomic mass is 10.1. The van der Waals surface area contributed by atoms with Crippen LogP contribution in [0.2, 0.25) is 0 Å². The molecule has 0 spiro atoms. The molecule has 0 bridgehead atoms. The van der Waals surface area contributed by atoms with E-state index in [1.54, 1.807) is 48.5 Å². The van der Waals surface area contributed by atoms with Gasteiger partial charge in [-0.1, -0.05) is 18.2 Å². The minimum Gasteiger partial charge on any atom is -0.382 e. The Morgan fingerprint density at radius 1 is 1.20 bits per heavy atom. The molecule has 0 atom stereocenters. The van der Waals surface area contributed by atoms with Gasteiger partial charge in [0.2, 0.25) is 5.71 Å². The van der Waals surface area contributed by atoms with Crippen LogP contribution >= 0.6 is 0 Å². The minimum absolute atomic E-state index is 0.208. The van der Waals surface area contributed by atoms with Gasteiger partial charge in [-0.15, -0.1) is 0 Å². The van der Waals surface area contributed by atoms with Crippen molar-refractivity contribution >= 4 is 29.1 Å². The number of amidine groups is 1. The van der Waals surface area contributed by atoms with Crippen LogP contribution in [0.3, 0.4) is 0 Å². The highest BCUT2D eigenvalue weighted by Crippen LogP contribution is 2.12. The molecule has 2 rings (SSSR count). The molecule has 4 N–H and O–H groups in total. The first-order valence-electron chi connectivity index (χ1n) is 7.16. The molecule has 2 aromatic rings. The number of nitrogens with two attached hydrogens (primary N) is 1. The highest BCUT2D eigenvalue weighted by molar-refractivity contribution is 6.45. The molecule has 0 aliphatic rings. The van der Waals surface area contributed by atoms with Crippen molar-refractivity contribution in [2.45, 2.75) is 0 Å². The number of ketones is 1. The second-order valence-electron chi connectivity index (χ2n) is 4.92. The van der Waals surface area contributed by atoms with Crippen LogP contribution < -0.4 is 11.2 Å². The molecule has 25 heavy (non-hydrogen) atoms. The Morgan fingerprint density at radius 3 is 2.40 bits per heavy atom. The zero-order valence-electron chi connectivity index (χ0n) is 13.0. The van der Waals surface area contributed by atoms with Crippen molar-refractivity contribution in [3.05, 3.63) is 71.6 Å². The van der Waals surface area contributed by atoms with E-state index in [4.69, 9.17) is 16.4 Å². The number of rotatable bonds is 6. The smallest absolute Gasteiger partial charge is 0.201 e. The second kappa shape index (κ2) is 8.17. The maximum absolute atomic E-state index is 12.8. The molecule has 0 aliphatic heterocycles. The Balaban J connectivity index is 2.04. The summed E-state index contributed by atoms with van der Waals surface area (Å²) in [4.78, 5) is 12.1. The first-order valence-corrected chi connectivity index (χ1v) is 7.16. The van der Waals surface area contributed by atoms with Gasteiger partial charge in [0.05, 0.1) is 5.69 Å². The van der Waals surface area contributed by atoms with Crippen LogP contribution in [0.25, 0.3) is 6.08 Å². The van der Waals surface area contributed by atoms with E-state index in [1.807, 2.05) is 0 Å². The van der Waals surface area contributed by atoms with Gasteiger partial charge in [0.15, 0.2) is 11.6 Å². The molecule has 7 heteroatoms. The molecule has 0 unspecified atom stereocenters. The zero-order valence-corrected chi connectivity index (χ0v) is 13.0. The average molecular weight is 335 g/mol. The topological polar surface area (TPSA) is 115 Å². The van der Waals surface area contributed by atoms with Gasteiger partial charge in [-0.2, -0.15) is 10.4 Å². The van der Waals surface area contributed by atoms with Crippen LogP contribution in [-0.2, 0) is 0 Å². The third-order valence-electron chi connectivity index (χ3n) is 3.12. The number of hydrazone groups is 1. The summed E-state index contributed by atoms with van der Waals surface area (Å²) in [6.45, 7) is 0. The summed E-state index contributed by atoms with van der Waals surface area (Å²) in [6, 6.07) is 13.9. The van der Waals surface area contributed by atoms with Crippen molar-refractivity contribution in [2.75, 3.05) is 5.43 Å². The predicted molar refractivity (Wildman–Crippen MR) is 94.8 cm³/mol. The molecule has 0 saturated heterocycles. The summed E-state index contributed by atoms with van der Waals surface area (Å²) in [6.07, 6.45) is 3.00. The number of nitrogens with one attached hydrogen (secondary N) is 2. The Labute approximate surface area is 143 Å². The highest BCUT2D eigenvalue weighted by Gasteiger charge is 2.03. The van der Waals surface area contributed by atoms with Crippen molar-refractivity contribution in [1.29, 1.82) is 10.7 Å². The van der Waals surface area contributed by atoms with Gasteiger partial charge in [0.25, 0.3) is 0 Å². The number of carbonyl (C=O) groups is 1. The number of carbonyl (C=O) groups excluding carboxylic acids is 1. The zero-order chi connectivity index (χ0) is 18.2.